The number of carbonyl (C=O) groups excluding carboxylic acids is 1. The summed E-state index contributed by atoms with van der Waals surface area (Å²) in [6, 6.07) is 4.83. The first-order chi connectivity index (χ1) is 15.0. The van der Waals surface area contributed by atoms with Crippen molar-refractivity contribution in [3.63, 3.8) is 0 Å². The van der Waals surface area contributed by atoms with E-state index in [4.69, 9.17) is 4.74 Å². The molecule has 0 saturated carbocycles. The van der Waals surface area contributed by atoms with Gasteiger partial charge in [0.15, 0.2) is 28.9 Å². The van der Waals surface area contributed by atoms with Crippen LogP contribution in [0.15, 0.2) is 37.2 Å². The van der Waals surface area contributed by atoms with Crippen molar-refractivity contribution in [2.45, 2.75) is 19.4 Å². The lowest BCUT2D eigenvalue weighted by Crippen LogP contribution is -2.30. The summed E-state index contributed by atoms with van der Waals surface area (Å²) < 4.78 is 19.2. The van der Waals surface area contributed by atoms with Gasteiger partial charge in [-0.15, -0.1) is 0 Å². The van der Waals surface area contributed by atoms with Gasteiger partial charge in [-0.05, 0) is 43.0 Å². The summed E-state index contributed by atoms with van der Waals surface area (Å²) in [5.41, 5.74) is 1.93. The number of aryl methyl sites for hydroxylation is 1. The third-order valence-electron chi connectivity index (χ3n) is 4.90. The van der Waals surface area contributed by atoms with Gasteiger partial charge in [0.25, 0.3) is 0 Å². The Morgan fingerprint density at radius 1 is 1.48 bits per heavy atom. The van der Waals surface area contributed by atoms with E-state index in [9.17, 15) is 9.18 Å². The van der Waals surface area contributed by atoms with Crippen molar-refractivity contribution in [1.29, 1.82) is 0 Å². The molecule has 0 spiro atoms. The summed E-state index contributed by atoms with van der Waals surface area (Å²) in [5.74, 6) is 6.34. The molecule has 3 aromatic rings. The molecular formula is C22H21FN6O2. The van der Waals surface area contributed by atoms with Gasteiger partial charge in [-0.3, -0.25) is 4.79 Å². The van der Waals surface area contributed by atoms with Crippen molar-refractivity contribution >= 4 is 22.9 Å². The molecule has 2 N–H and O–H groups in total. The predicted molar refractivity (Wildman–Crippen MR) is 114 cm³/mol. The molecule has 3 heterocycles. The average molecular weight is 420 g/mol. The van der Waals surface area contributed by atoms with Crippen LogP contribution in [0, 0.1) is 24.6 Å². The van der Waals surface area contributed by atoms with E-state index in [0.717, 1.165) is 12.0 Å². The monoisotopic (exact) mass is 420 g/mol. The minimum absolute atomic E-state index is 0.0169. The number of nitrogens with one attached hydrogen (secondary N) is 2. The molecule has 0 radical (unpaired) electrons. The van der Waals surface area contributed by atoms with Crippen LogP contribution in [0.4, 0.5) is 10.2 Å². The zero-order chi connectivity index (χ0) is 21.8. The fourth-order valence-electron chi connectivity index (χ4n) is 3.35. The lowest BCUT2D eigenvalue weighted by atomic mass is 10.2. The molecule has 31 heavy (non-hydrogen) atoms. The van der Waals surface area contributed by atoms with Crippen molar-refractivity contribution in [3.05, 3.63) is 54.4 Å². The Bertz CT molecular complexity index is 1200. The second-order valence-corrected chi connectivity index (χ2v) is 7.15. The summed E-state index contributed by atoms with van der Waals surface area (Å²) in [4.78, 5) is 29.4. The molecule has 1 fully saturated rings. The number of carbonyl (C=O) groups is 1. The molecule has 158 valence electrons. The minimum Gasteiger partial charge on any atom is -0.478 e. The number of likely N-dealkylation sites (tertiary alicyclic amines) is 1. The van der Waals surface area contributed by atoms with E-state index in [0.29, 0.717) is 35.9 Å². The Morgan fingerprint density at radius 3 is 3.16 bits per heavy atom. The number of amides is 1. The topological polar surface area (TPSA) is 96.0 Å². The maximum Gasteiger partial charge on any atom is 0.246 e. The number of fused-ring (bicyclic) bond motifs is 1. The summed E-state index contributed by atoms with van der Waals surface area (Å²) >= 11 is 0. The Hall–Kier alpha value is -3.93. The van der Waals surface area contributed by atoms with Gasteiger partial charge in [-0.2, -0.15) is 0 Å². The molecule has 1 saturated heterocycles. The third kappa shape index (κ3) is 4.64. The van der Waals surface area contributed by atoms with Gasteiger partial charge in [0.2, 0.25) is 5.91 Å². The fourth-order valence-corrected chi connectivity index (χ4v) is 3.35. The lowest BCUT2D eigenvalue weighted by molar-refractivity contribution is -0.125. The van der Waals surface area contributed by atoms with Crippen LogP contribution in [0.3, 0.4) is 0 Å². The number of halogens is 1. The number of imidazole rings is 1. The Balaban J connectivity index is 1.43. The first-order valence-electron chi connectivity index (χ1n) is 9.80. The van der Waals surface area contributed by atoms with Crippen LogP contribution in [-0.2, 0) is 4.79 Å². The van der Waals surface area contributed by atoms with Gasteiger partial charge in [0.05, 0.1) is 0 Å². The number of hydrogen-bond acceptors (Lipinski definition) is 6. The first kappa shape index (κ1) is 20.3. The number of aromatic nitrogens is 4. The molecule has 1 aliphatic rings. The number of benzene rings is 1. The molecule has 2 aromatic heterocycles. The molecule has 9 heteroatoms. The van der Waals surface area contributed by atoms with Gasteiger partial charge >= 0.3 is 0 Å². The predicted octanol–water partition coefficient (Wildman–Crippen LogP) is 2.43. The van der Waals surface area contributed by atoms with E-state index < -0.39 is 5.82 Å². The van der Waals surface area contributed by atoms with E-state index in [1.807, 2.05) is 6.92 Å². The van der Waals surface area contributed by atoms with Crippen molar-refractivity contribution in [2.24, 2.45) is 0 Å². The standard InChI is InChI=1S/C22H21FN6O2/c1-3-19(30)29-9-8-15(12-29)26-21-20-22(25-13-24-21)28-18(27-20)5-4-10-31-17-7-6-14(2)11-16(17)23/h3,6-7,11,13,15H,1,8-10,12H2,2H3,(H2,24,25,26,27,28). The highest BCUT2D eigenvalue weighted by atomic mass is 19.1. The lowest BCUT2D eigenvalue weighted by Gasteiger charge is -2.15. The molecule has 8 nitrogen and oxygen atoms in total. The Labute approximate surface area is 178 Å². The fraction of sp³-hybridized carbons (Fsp3) is 0.273. The highest BCUT2D eigenvalue weighted by Crippen LogP contribution is 2.21. The van der Waals surface area contributed by atoms with Crippen LogP contribution < -0.4 is 10.1 Å². The Kier molecular flexibility index (Phi) is 5.80. The van der Waals surface area contributed by atoms with Gasteiger partial charge in [0.1, 0.15) is 18.5 Å². The van der Waals surface area contributed by atoms with Gasteiger partial charge in [0, 0.05) is 19.1 Å². The largest absolute Gasteiger partial charge is 0.478 e. The zero-order valence-corrected chi connectivity index (χ0v) is 17.0. The SMILES string of the molecule is C=CC(=O)N1CCC(Nc2ncnc3nc(C#CCOc4ccc(C)cc4F)[nH]c23)C1. The van der Waals surface area contributed by atoms with Gasteiger partial charge in [-0.1, -0.05) is 18.6 Å². The number of rotatable bonds is 5. The molecule has 1 amide bonds. The van der Waals surface area contributed by atoms with E-state index in [1.54, 1.807) is 17.0 Å². The quantitative estimate of drug-likeness (QED) is 0.486. The molecule has 0 aliphatic carbocycles. The Morgan fingerprint density at radius 2 is 2.35 bits per heavy atom. The van der Waals surface area contributed by atoms with Crippen LogP contribution in [0.1, 0.15) is 17.8 Å². The van der Waals surface area contributed by atoms with Gasteiger partial charge in [-0.25, -0.2) is 19.3 Å². The van der Waals surface area contributed by atoms with Crippen LogP contribution in [0.25, 0.3) is 11.2 Å². The number of nitrogens with zero attached hydrogens (tertiary/aromatic N) is 4. The molecule has 0 bridgehead atoms. The summed E-state index contributed by atoms with van der Waals surface area (Å²) in [7, 11) is 0. The molecule has 1 aliphatic heterocycles. The maximum absolute atomic E-state index is 13.8. The first-order valence-corrected chi connectivity index (χ1v) is 9.80. The van der Waals surface area contributed by atoms with E-state index >= 15 is 0 Å². The number of anilines is 1. The molecule has 1 unspecified atom stereocenters. The second kappa shape index (κ2) is 8.83. The maximum atomic E-state index is 13.8. The summed E-state index contributed by atoms with van der Waals surface area (Å²) in [5, 5.41) is 3.34. The minimum atomic E-state index is -0.420. The van der Waals surface area contributed by atoms with Crippen molar-refractivity contribution in [2.75, 3.05) is 25.0 Å². The second-order valence-electron chi connectivity index (χ2n) is 7.15. The number of ether oxygens (including phenoxy) is 1. The van der Waals surface area contributed by atoms with Crippen molar-refractivity contribution in [3.8, 4) is 17.6 Å². The van der Waals surface area contributed by atoms with Crippen LogP contribution >= 0.6 is 0 Å². The third-order valence-corrected chi connectivity index (χ3v) is 4.90. The average Bonchev–Trinajstić information content (AvgIpc) is 3.39. The molecule has 4 rings (SSSR count). The van der Waals surface area contributed by atoms with Crippen LogP contribution in [-0.4, -0.2) is 56.5 Å². The number of aromatic amines is 1. The zero-order valence-electron chi connectivity index (χ0n) is 17.0. The number of hydrogen-bond donors (Lipinski definition) is 2. The van der Waals surface area contributed by atoms with Gasteiger partial charge < -0.3 is 19.9 Å². The van der Waals surface area contributed by atoms with Crippen molar-refractivity contribution < 1.29 is 13.9 Å². The van der Waals surface area contributed by atoms with E-state index in [2.05, 4.69) is 43.7 Å². The molecule has 1 aromatic carbocycles. The van der Waals surface area contributed by atoms with E-state index in [1.165, 1.54) is 18.5 Å². The van der Waals surface area contributed by atoms with Crippen LogP contribution in [0.2, 0.25) is 0 Å². The normalized spacial score (nSPS) is 15.4. The summed E-state index contributed by atoms with van der Waals surface area (Å²) in [6.07, 6.45) is 3.55. The smallest absolute Gasteiger partial charge is 0.246 e. The van der Waals surface area contributed by atoms with Crippen molar-refractivity contribution in [1.82, 2.24) is 24.8 Å². The highest BCUT2D eigenvalue weighted by Gasteiger charge is 2.25. The highest BCUT2D eigenvalue weighted by molar-refractivity contribution is 5.87. The summed E-state index contributed by atoms with van der Waals surface area (Å²) in [6.45, 7) is 6.59. The van der Waals surface area contributed by atoms with Crippen LogP contribution in [0.5, 0.6) is 5.75 Å². The number of H-pyrrole nitrogens is 1. The molecule has 1 atom stereocenters. The molecular weight excluding hydrogens is 399 g/mol. The van der Waals surface area contributed by atoms with E-state index in [-0.39, 0.29) is 24.3 Å².